The molecule has 1 saturated carbocycles. The van der Waals surface area contributed by atoms with Gasteiger partial charge in [0.2, 0.25) is 5.91 Å². The average molecular weight is 400 g/mol. The van der Waals surface area contributed by atoms with Crippen LogP contribution in [0, 0.1) is 0 Å². The molecule has 1 saturated heterocycles. The Kier molecular flexibility index (Phi) is 6.01. The Labute approximate surface area is 171 Å². The number of rotatable bonds is 7. The molecule has 1 aliphatic carbocycles. The second-order valence-electron chi connectivity index (χ2n) is 7.71. The highest BCUT2D eigenvalue weighted by Gasteiger charge is 2.31. The molecule has 2 aliphatic rings. The maximum absolute atomic E-state index is 12.9. The van der Waals surface area contributed by atoms with Gasteiger partial charge in [0, 0.05) is 45.2 Å². The monoisotopic (exact) mass is 399 g/mol. The highest BCUT2D eigenvalue weighted by molar-refractivity contribution is 8.00. The second-order valence-corrected chi connectivity index (χ2v) is 9.01. The van der Waals surface area contributed by atoms with Gasteiger partial charge in [-0.15, -0.1) is 10.2 Å². The van der Waals surface area contributed by atoms with Crippen LogP contribution in [0.5, 0.6) is 0 Å². The molecule has 2 aromatic rings. The maximum Gasteiger partial charge on any atom is 0.235 e. The summed E-state index contributed by atoms with van der Waals surface area (Å²) in [7, 11) is 0. The molecular formula is C21H29N5OS. The van der Waals surface area contributed by atoms with Gasteiger partial charge in [-0.05, 0) is 32.3 Å². The minimum absolute atomic E-state index is 0.137. The normalized spacial score (nSPS) is 19.0. The van der Waals surface area contributed by atoms with Crippen molar-refractivity contribution in [3.63, 3.8) is 0 Å². The van der Waals surface area contributed by atoms with Crippen molar-refractivity contribution in [2.45, 2.75) is 56.1 Å². The standard InChI is InChI=1S/C21H29N5OS/c1-3-26-19(18-9-10-18)22-23-21(26)28-16(2)20(27)25-13-11-24(12-14-25)15-17-7-5-4-6-8-17/h4-8,16,18H,3,9-15H2,1-2H3. The van der Waals surface area contributed by atoms with E-state index in [1.54, 1.807) is 11.8 Å². The molecule has 2 fully saturated rings. The highest BCUT2D eigenvalue weighted by atomic mass is 32.2. The number of hydrogen-bond acceptors (Lipinski definition) is 5. The van der Waals surface area contributed by atoms with Gasteiger partial charge in [-0.25, -0.2) is 0 Å². The van der Waals surface area contributed by atoms with E-state index in [1.165, 1.54) is 18.4 Å². The van der Waals surface area contributed by atoms with E-state index in [-0.39, 0.29) is 11.2 Å². The van der Waals surface area contributed by atoms with E-state index in [1.807, 2.05) is 17.9 Å². The third kappa shape index (κ3) is 4.41. The number of aromatic nitrogens is 3. The molecule has 1 aromatic heterocycles. The fraction of sp³-hybridized carbons (Fsp3) is 0.571. The van der Waals surface area contributed by atoms with Crippen molar-refractivity contribution >= 4 is 17.7 Å². The summed E-state index contributed by atoms with van der Waals surface area (Å²) in [6.45, 7) is 9.38. The lowest BCUT2D eigenvalue weighted by molar-refractivity contribution is -0.132. The zero-order chi connectivity index (χ0) is 19.5. The van der Waals surface area contributed by atoms with Crippen LogP contribution >= 0.6 is 11.8 Å². The molecule has 0 radical (unpaired) electrons. The molecule has 150 valence electrons. The van der Waals surface area contributed by atoms with E-state index in [4.69, 9.17) is 0 Å². The summed E-state index contributed by atoms with van der Waals surface area (Å²) in [6.07, 6.45) is 2.43. The molecule has 0 spiro atoms. The lowest BCUT2D eigenvalue weighted by Crippen LogP contribution is -2.50. The van der Waals surface area contributed by atoms with Crippen molar-refractivity contribution in [2.24, 2.45) is 0 Å². The molecule has 1 aliphatic heterocycles. The number of hydrogen-bond donors (Lipinski definition) is 0. The fourth-order valence-electron chi connectivity index (χ4n) is 3.76. The number of thioether (sulfide) groups is 1. The number of piperazine rings is 1. The van der Waals surface area contributed by atoms with Crippen LogP contribution in [0.4, 0.5) is 0 Å². The van der Waals surface area contributed by atoms with E-state index in [2.05, 4.69) is 50.9 Å². The zero-order valence-electron chi connectivity index (χ0n) is 16.8. The van der Waals surface area contributed by atoms with Gasteiger partial charge < -0.3 is 9.47 Å². The number of benzene rings is 1. The average Bonchev–Trinajstić information content (AvgIpc) is 3.49. The summed E-state index contributed by atoms with van der Waals surface area (Å²) in [4.78, 5) is 17.4. The lowest BCUT2D eigenvalue weighted by atomic mass is 10.2. The SMILES string of the molecule is CCn1c(SC(C)C(=O)N2CCN(Cc3ccccc3)CC2)nnc1C1CC1. The first-order valence-electron chi connectivity index (χ1n) is 10.3. The van der Waals surface area contributed by atoms with Gasteiger partial charge in [0.05, 0.1) is 5.25 Å². The van der Waals surface area contributed by atoms with Crippen LogP contribution in [0.2, 0.25) is 0 Å². The molecule has 1 aromatic carbocycles. The quantitative estimate of drug-likeness (QED) is 0.670. The van der Waals surface area contributed by atoms with E-state index >= 15 is 0 Å². The highest BCUT2D eigenvalue weighted by Crippen LogP contribution is 2.40. The third-order valence-corrected chi connectivity index (χ3v) is 6.64. The summed E-state index contributed by atoms with van der Waals surface area (Å²) >= 11 is 1.55. The van der Waals surface area contributed by atoms with Crippen LogP contribution in [-0.2, 0) is 17.9 Å². The summed E-state index contributed by atoms with van der Waals surface area (Å²) in [5.74, 6) is 1.88. The van der Waals surface area contributed by atoms with E-state index in [0.717, 1.165) is 50.2 Å². The molecule has 7 heteroatoms. The summed E-state index contributed by atoms with van der Waals surface area (Å²) in [5, 5.41) is 9.50. The Morgan fingerprint density at radius 2 is 1.86 bits per heavy atom. The van der Waals surface area contributed by atoms with Crippen LogP contribution in [0.3, 0.4) is 0 Å². The minimum Gasteiger partial charge on any atom is -0.339 e. The Morgan fingerprint density at radius 3 is 2.50 bits per heavy atom. The van der Waals surface area contributed by atoms with E-state index in [9.17, 15) is 4.79 Å². The van der Waals surface area contributed by atoms with Crippen molar-refractivity contribution < 1.29 is 4.79 Å². The number of nitrogens with zero attached hydrogens (tertiary/aromatic N) is 5. The number of amides is 1. The van der Waals surface area contributed by atoms with Crippen LogP contribution in [0.1, 0.15) is 44.0 Å². The summed E-state index contributed by atoms with van der Waals surface area (Å²) in [5.41, 5.74) is 1.33. The fourth-order valence-corrected chi connectivity index (χ4v) is 4.77. The maximum atomic E-state index is 12.9. The largest absolute Gasteiger partial charge is 0.339 e. The van der Waals surface area contributed by atoms with Gasteiger partial charge in [0.15, 0.2) is 5.16 Å². The first-order chi connectivity index (χ1) is 13.7. The lowest BCUT2D eigenvalue weighted by Gasteiger charge is -2.35. The van der Waals surface area contributed by atoms with Gasteiger partial charge in [0.25, 0.3) is 0 Å². The molecule has 0 bridgehead atoms. The van der Waals surface area contributed by atoms with Gasteiger partial charge in [-0.1, -0.05) is 42.1 Å². The molecule has 2 heterocycles. The Balaban J connectivity index is 1.30. The molecule has 28 heavy (non-hydrogen) atoms. The predicted octanol–water partition coefficient (Wildman–Crippen LogP) is 3.00. The summed E-state index contributed by atoms with van der Waals surface area (Å²) < 4.78 is 2.18. The van der Waals surface area contributed by atoms with Gasteiger partial charge in [-0.3, -0.25) is 9.69 Å². The summed E-state index contributed by atoms with van der Waals surface area (Å²) in [6, 6.07) is 10.5. The third-order valence-electron chi connectivity index (χ3n) is 5.57. The van der Waals surface area contributed by atoms with Gasteiger partial charge in [-0.2, -0.15) is 0 Å². The van der Waals surface area contributed by atoms with E-state index < -0.39 is 0 Å². The molecule has 1 amide bonds. The van der Waals surface area contributed by atoms with Crippen molar-refractivity contribution in [3.05, 3.63) is 41.7 Å². The van der Waals surface area contributed by atoms with Crippen LogP contribution in [0.15, 0.2) is 35.5 Å². The molecule has 1 unspecified atom stereocenters. The van der Waals surface area contributed by atoms with Crippen molar-refractivity contribution in [3.8, 4) is 0 Å². The van der Waals surface area contributed by atoms with Crippen molar-refractivity contribution in [2.75, 3.05) is 26.2 Å². The van der Waals surface area contributed by atoms with Crippen LogP contribution in [0.25, 0.3) is 0 Å². The Morgan fingerprint density at radius 1 is 1.14 bits per heavy atom. The van der Waals surface area contributed by atoms with E-state index in [0.29, 0.717) is 5.92 Å². The molecule has 6 nitrogen and oxygen atoms in total. The first-order valence-corrected chi connectivity index (χ1v) is 11.2. The topological polar surface area (TPSA) is 54.3 Å². The van der Waals surface area contributed by atoms with Gasteiger partial charge in [0.1, 0.15) is 5.82 Å². The minimum atomic E-state index is -0.137. The first kappa shape index (κ1) is 19.5. The van der Waals surface area contributed by atoms with Crippen molar-refractivity contribution in [1.82, 2.24) is 24.6 Å². The molecule has 4 rings (SSSR count). The van der Waals surface area contributed by atoms with Crippen molar-refractivity contribution in [1.29, 1.82) is 0 Å². The number of carbonyl (C=O) groups excluding carboxylic acids is 1. The van der Waals surface area contributed by atoms with Crippen LogP contribution in [-0.4, -0.2) is 61.9 Å². The smallest absolute Gasteiger partial charge is 0.235 e. The van der Waals surface area contributed by atoms with Crippen LogP contribution < -0.4 is 0 Å². The predicted molar refractivity (Wildman–Crippen MR) is 111 cm³/mol. The molecule has 0 N–H and O–H groups in total. The number of carbonyl (C=O) groups is 1. The Hall–Kier alpha value is -1.86. The molecular weight excluding hydrogens is 370 g/mol. The Bertz CT molecular complexity index is 796. The molecule has 1 atom stereocenters. The van der Waals surface area contributed by atoms with Gasteiger partial charge >= 0.3 is 0 Å². The zero-order valence-corrected chi connectivity index (χ0v) is 17.6. The second kappa shape index (κ2) is 8.66.